The van der Waals surface area contributed by atoms with Crippen LogP contribution in [0.3, 0.4) is 0 Å². The lowest BCUT2D eigenvalue weighted by Gasteiger charge is -2.06. The molecule has 1 aromatic heterocycles. The topological polar surface area (TPSA) is 15.8 Å². The molecular formula is C13H25N. The molecule has 1 heteroatoms. The van der Waals surface area contributed by atoms with E-state index in [0.717, 1.165) is 11.8 Å². The third-order valence-corrected chi connectivity index (χ3v) is 2.70. The Morgan fingerprint density at radius 2 is 1.71 bits per heavy atom. The fourth-order valence-corrected chi connectivity index (χ4v) is 1.69. The molecule has 0 radical (unpaired) electrons. The van der Waals surface area contributed by atoms with Crippen LogP contribution in [0.5, 0.6) is 0 Å². The van der Waals surface area contributed by atoms with Crippen LogP contribution in [-0.2, 0) is 12.8 Å². The highest BCUT2D eigenvalue weighted by atomic mass is 14.7. The largest absolute Gasteiger partial charge is 0.362 e. The van der Waals surface area contributed by atoms with E-state index in [4.69, 9.17) is 0 Å². The van der Waals surface area contributed by atoms with E-state index >= 15 is 0 Å². The van der Waals surface area contributed by atoms with Gasteiger partial charge in [-0.3, -0.25) is 0 Å². The molecule has 1 heterocycles. The first kappa shape index (κ1) is 11.4. The minimum atomic E-state index is 0. The predicted molar refractivity (Wildman–Crippen MR) is 64.6 cm³/mol. The second-order valence-corrected chi connectivity index (χ2v) is 4.82. The van der Waals surface area contributed by atoms with Gasteiger partial charge in [-0.15, -0.1) is 0 Å². The van der Waals surface area contributed by atoms with Gasteiger partial charge >= 0.3 is 0 Å². The van der Waals surface area contributed by atoms with Gasteiger partial charge in [-0.1, -0.05) is 34.1 Å². The summed E-state index contributed by atoms with van der Waals surface area (Å²) in [4.78, 5) is 3.51. The Morgan fingerprint density at radius 3 is 2.21 bits per heavy atom. The smallest absolute Gasteiger partial charge is 0.0151 e. The number of H-pyrrole nitrogens is 1. The molecule has 14 heavy (non-hydrogen) atoms. The molecule has 1 rings (SSSR count). The normalized spacial score (nSPS) is 13.5. The SMILES string of the molecule is CCC(C)Cc1ccc(CC(C)C)[nH]1.[HH]. The van der Waals surface area contributed by atoms with Gasteiger partial charge in [0.05, 0.1) is 0 Å². The molecule has 0 aliphatic heterocycles. The number of nitrogens with one attached hydrogen (secondary N) is 1. The monoisotopic (exact) mass is 195 g/mol. The number of aromatic amines is 1. The van der Waals surface area contributed by atoms with Crippen LogP contribution in [0.15, 0.2) is 12.1 Å². The van der Waals surface area contributed by atoms with Crippen LogP contribution in [0.25, 0.3) is 0 Å². The second kappa shape index (κ2) is 5.23. The third-order valence-electron chi connectivity index (χ3n) is 2.70. The summed E-state index contributed by atoms with van der Waals surface area (Å²) in [7, 11) is 0. The Labute approximate surface area is 89.4 Å². The molecule has 0 aliphatic carbocycles. The molecule has 0 saturated carbocycles. The second-order valence-electron chi connectivity index (χ2n) is 4.82. The van der Waals surface area contributed by atoms with Gasteiger partial charge in [0.25, 0.3) is 0 Å². The van der Waals surface area contributed by atoms with Gasteiger partial charge in [0, 0.05) is 12.8 Å². The van der Waals surface area contributed by atoms with Crippen molar-refractivity contribution in [1.29, 1.82) is 0 Å². The van der Waals surface area contributed by atoms with Crippen molar-refractivity contribution in [2.24, 2.45) is 11.8 Å². The lowest BCUT2D eigenvalue weighted by atomic mass is 10.0. The lowest BCUT2D eigenvalue weighted by Crippen LogP contribution is -1.99. The van der Waals surface area contributed by atoms with Crippen LogP contribution < -0.4 is 0 Å². The molecule has 1 nitrogen and oxygen atoms in total. The Bertz CT molecular complexity index is 265. The van der Waals surface area contributed by atoms with Crippen molar-refractivity contribution < 1.29 is 1.43 Å². The van der Waals surface area contributed by atoms with Crippen LogP contribution in [0.2, 0.25) is 0 Å². The Morgan fingerprint density at radius 1 is 1.14 bits per heavy atom. The van der Waals surface area contributed by atoms with Gasteiger partial charge in [-0.2, -0.15) is 0 Å². The van der Waals surface area contributed by atoms with Crippen molar-refractivity contribution in [3.05, 3.63) is 23.5 Å². The van der Waals surface area contributed by atoms with Gasteiger partial charge in [-0.05, 0) is 36.8 Å². The average Bonchev–Trinajstić information content (AvgIpc) is 2.51. The summed E-state index contributed by atoms with van der Waals surface area (Å²) in [5, 5.41) is 0. The van der Waals surface area contributed by atoms with Crippen molar-refractivity contribution in [1.82, 2.24) is 4.98 Å². The van der Waals surface area contributed by atoms with Crippen molar-refractivity contribution in [2.75, 3.05) is 0 Å². The van der Waals surface area contributed by atoms with Gasteiger partial charge in [-0.25, -0.2) is 0 Å². The van der Waals surface area contributed by atoms with E-state index in [0.29, 0.717) is 0 Å². The highest BCUT2D eigenvalue weighted by Crippen LogP contribution is 2.13. The van der Waals surface area contributed by atoms with Crippen LogP contribution >= 0.6 is 0 Å². The molecule has 82 valence electrons. The molecule has 0 aliphatic rings. The molecule has 1 unspecified atom stereocenters. The van der Waals surface area contributed by atoms with E-state index in [-0.39, 0.29) is 1.43 Å². The maximum absolute atomic E-state index is 3.51. The Hall–Kier alpha value is -0.720. The van der Waals surface area contributed by atoms with E-state index in [2.05, 4.69) is 44.8 Å². The van der Waals surface area contributed by atoms with E-state index in [9.17, 15) is 0 Å². The van der Waals surface area contributed by atoms with Gasteiger partial charge in [0.1, 0.15) is 0 Å². The maximum atomic E-state index is 3.51. The fourth-order valence-electron chi connectivity index (χ4n) is 1.69. The van der Waals surface area contributed by atoms with Gasteiger partial charge in [0.2, 0.25) is 0 Å². The first-order valence-corrected chi connectivity index (χ1v) is 5.78. The van der Waals surface area contributed by atoms with Crippen molar-refractivity contribution >= 4 is 0 Å². The molecule has 0 fully saturated rings. The Balaban J connectivity index is 0.00000196. The number of hydrogen-bond acceptors (Lipinski definition) is 0. The summed E-state index contributed by atoms with van der Waals surface area (Å²) in [6.07, 6.45) is 3.62. The number of hydrogen-bond donors (Lipinski definition) is 1. The molecule has 1 N–H and O–H groups in total. The summed E-state index contributed by atoms with van der Waals surface area (Å²) in [6, 6.07) is 4.47. The standard InChI is InChI=1S/C13H23N.H2/c1-5-11(4)9-13-7-6-12(14-13)8-10(2)3;/h6-7,10-11,14H,5,8-9H2,1-4H3;1H. The molecule has 1 atom stereocenters. The fraction of sp³-hybridized carbons (Fsp3) is 0.692. The molecule has 0 aromatic carbocycles. The quantitative estimate of drug-likeness (QED) is 0.729. The highest BCUT2D eigenvalue weighted by molar-refractivity contribution is 5.13. The first-order chi connectivity index (χ1) is 6.61. The zero-order valence-corrected chi connectivity index (χ0v) is 9.93. The van der Waals surface area contributed by atoms with Gasteiger partial charge < -0.3 is 4.98 Å². The zero-order valence-electron chi connectivity index (χ0n) is 9.93. The predicted octanol–water partition coefficient (Wildman–Crippen LogP) is 4.05. The molecule has 0 bridgehead atoms. The summed E-state index contributed by atoms with van der Waals surface area (Å²) in [6.45, 7) is 9.08. The molecule has 0 amide bonds. The molecule has 0 spiro atoms. The Kier molecular flexibility index (Phi) is 4.24. The summed E-state index contributed by atoms with van der Waals surface area (Å²) in [5.41, 5.74) is 2.79. The molecular weight excluding hydrogens is 170 g/mol. The van der Waals surface area contributed by atoms with Crippen molar-refractivity contribution in [3.8, 4) is 0 Å². The maximum Gasteiger partial charge on any atom is 0.0151 e. The third kappa shape index (κ3) is 3.57. The summed E-state index contributed by atoms with van der Waals surface area (Å²) in [5.74, 6) is 1.53. The molecule has 0 saturated heterocycles. The number of aromatic nitrogens is 1. The van der Waals surface area contributed by atoms with Crippen molar-refractivity contribution in [3.63, 3.8) is 0 Å². The number of rotatable bonds is 5. The van der Waals surface area contributed by atoms with E-state index in [1.54, 1.807) is 0 Å². The van der Waals surface area contributed by atoms with Crippen LogP contribution in [-0.4, -0.2) is 4.98 Å². The average molecular weight is 195 g/mol. The van der Waals surface area contributed by atoms with E-state index in [1.165, 1.54) is 30.7 Å². The van der Waals surface area contributed by atoms with E-state index in [1.807, 2.05) is 0 Å². The van der Waals surface area contributed by atoms with Crippen LogP contribution in [0.4, 0.5) is 0 Å². The summed E-state index contributed by atoms with van der Waals surface area (Å²) >= 11 is 0. The molecule has 1 aromatic rings. The highest BCUT2D eigenvalue weighted by Gasteiger charge is 2.04. The van der Waals surface area contributed by atoms with Crippen LogP contribution in [0, 0.1) is 11.8 Å². The lowest BCUT2D eigenvalue weighted by molar-refractivity contribution is 0.552. The summed E-state index contributed by atoms with van der Waals surface area (Å²) < 4.78 is 0. The zero-order chi connectivity index (χ0) is 10.6. The van der Waals surface area contributed by atoms with E-state index < -0.39 is 0 Å². The van der Waals surface area contributed by atoms with Gasteiger partial charge in [0.15, 0.2) is 0 Å². The minimum Gasteiger partial charge on any atom is -0.362 e. The van der Waals surface area contributed by atoms with Crippen LogP contribution in [0.1, 0.15) is 46.9 Å². The van der Waals surface area contributed by atoms with Crippen molar-refractivity contribution in [2.45, 2.75) is 47.0 Å². The minimum absolute atomic E-state index is 0. The first-order valence-electron chi connectivity index (χ1n) is 5.78.